The summed E-state index contributed by atoms with van der Waals surface area (Å²) < 4.78 is 0. The van der Waals surface area contributed by atoms with Crippen molar-refractivity contribution in [3.05, 3.63) is 15.6 Å². The molecule has 0 fully saturated rings. The Bertz CT molecular complexity index is 307. The monoisotopic (exact) mass is 238 g/mol. The van der Waals surface area contributed by atoms with Crippen molar-refractivity contribution in [1.29, 1.82) is 0 Å². The van der Waals surface area contributed by atoms with E-state index < -0.39 is 0 Å². The molecule has 0 amide bonds. The van der Waals surface area contributed by atoms with Gasteiger partial charge >= 0.3 is 0 Å². The first-order chi connectivity index (χ1) is 7.81. The topological polar surface area (TPSA) is 24.9 Å². The number of aromatic nitrogens is 1. The molecule has 1 aromatic rings. The zero-order valence-corrected chi connectivity index (χ0v) is 11.2. The van der Waals surface area contributed by atoms with Gasteiger partial charge in [0.15, 0.2) is 0 Å². The van der Waals surface area contributed by atoms with E-state index in [1.54, 1.807) is 4.88 Å². The second kappa shape index (κ2) is 5.78. The SMILES string of the molecule is CNCC(C)c1nc2c(s1)CCCCCC2. The maximum absolute atomic E-state index is 4.85. The highest BCUT2D eigenvalue weighted by molar-refractivity contribution is 7.11. The lowest BCUT2D eigenvalue weighted by Gasteiger charge is -2.06. The Balaban J connectivity index is 2.13. The summed E-state index contributed by atoms with van der Waals surface area (Å²) in [6.07, 6.45) is 7.94. The Morgan fingerprint density at radius 3 is 2.75 bits per heavy atom. The molecule has 3 heteroatoms. The van der Waals surface area contributed by atoms with Crippen LogP contribution < -0.4 is 5.32 Å². The number of likely N-dealkylation sites (N-methyl/N-ethyl adjacent to an activating group) is 1. The zero-order chi connectivity index (χ0) is 11.4. The summed E-state index contributed by atoms with van der Waals surface area (Å²) in [4.78, 5) is 6.42. The molecule has 0 saturated heterocycles. The van der Waals surface area contributed by atoms with Crippen molar-refractivity contribution >= 4 is 11.3 Å². The highest BCUT2D eigenvalue weighted by Gasteiger charge is 2.16. The van der Waals surface area contributed by atoms with Crippen LogP contribution in [0.2, 0.25) is 0 Å². The zero-order valence-electron chi connectivity index (χ0n) is 10.4. The molecule has 0 aromatic carbocycles. The van der Waals surface area contributed by atoms with Gasteiger partial charge in [0, 0.05) is 17.3 Å². The summed E-state index contributed by atoms with van der Waals surface area (Å²) in [5, 5.41) is 4.57. The van der Waals surface area contributed by atoms with Crippen LogP contribution >= 0.6 is 11.3 Å². The average Bonchev–Trinajstić information content (AvgIpc) is 2.61. The van der Waals surface area contributed by atoms with Crippen LogP contribution in [0, 0.1) is 0 Å². The Morgan fingerprint density at radius 2 is 2.00 bits per heavy atom. The lowest BCUT2D eigenvalue weighted by Crippen LogP contribution is -2.14. The summed E-state index contributed by atoms with van der Waals surface area (Å²) in [6.45, 7) is 3.30. The summed E-state index contributed by atoms with van der Waals surface area (Å²) in [6, 6.07) is 0. The van der Waals surface area contributed by atoms with Crippen LogP contribution in [0.5, 0.6) is 0 Å². The van der Waals surface area contributed by atoms with Gasteiger partial charge in [-0.3, -0.25) is 0 Å². The maximum Gasteiger partial charge on any atom is 0.0971 e. The van der Waals surface area contributed by atoms with E-state index in [9.17, 15) is 0 Å². The fraction of sp³-hybridized carbons (Fsp3) is 0.769. The molecule has 0 saturated carbocycles. The van der Waals surface area contributed by atoms with E-state index in [1.165, 1.54) is 49.2 Å². The number of nitrogens with zero attached hydrogens (tertiary/aromatic N) is 1. The van der Waals surface area contributed by atoms with Crippen LogP contribution in [0.4, 0.5) is 0 Å². The second-order valence-electron chi connectivity index (χ2n) is 4.79. The molecule has 0 aliphatic heterocycles. The fourth-order valence-corrected chi connectivity index (χ4v) is 3.53. The van der Waals surface area contributed by atoms with Gasteiger partial charge in [0.25, 0.3) is 0 Å². The van der Waals surface area contributed by atoms with Crippen LogP contribution in [-0.4, -0.2) is 18.6 Å². The molecule has 1 N–H and O–H groups in total. The number of rotatable bonds is 3. The summed E-state index contributed by atoms with van der Waals surface area (Å²) >= 11 is 1.95. The molecule has 2 rings (SSSR count). The van der Waals surface area contributed by atoms with Crippen molar-refractivity contribution in [3.63, 3.8) is 0 Å². The van der Waals surface area contributed by atoms with Gasteiger partial charge in [0.1, 0.15) is 0 Å². The first-order valence-corrected chi connectivity index (χ1v) is 7.26. The third-order valence-electron chi connectivity index (χ3n) is 3.29. The highest BCUT2D eigenvalue weighted by Crippen LogP contribution is 2.29. The van der Waals surface area contributed by atoms with Crippen molar-refractivity contribution < 1.29 is 0 Å². The van der Waals surface area contributed by atoms with Gasteiger partial charge in [-0.2, -0.15) is 0 Å². The summed E-state index contributed by atoms with van der Waals surface area (Å²) in [7, 11) is 2.01. The molecule has 1 aliphatic rings. The van der Waals surface area contributed by atoms with Gasteiger partial charge in [-0.1, -0.05) is 19.8 Å². The number of thiazole rings is 1. The molecule has 1 heterocycles. The second-order valence-corrected chi connectivity index (χ2v) is 5.91. The standard InChI is InChI=1S/C13H22N2S/c1-10(9-14-2)13-15-11-7-5-3-4-6-8-12(11)16-13/h10,14H,3-9H2,1-2H3. The minimum absolute atomic E-state index is 0.559. The highest BCUT2D eigenvalue weighted by atomic mass is 32.1. The third-order valence-corrected chi connectivity index (χ3v) is 4.68. The van der Waals surface area contributed by atoms with Gasteiger partial charge < -0.3 is 5.32 Å². The predicted octanol–water partition coefficient (Wildman–Crippen LogP) is 3.13. The first-order valence-electron chi connectivity index (χ1n) is 6.44. The van der Waals surface area contributed by atoms with E-state index >= 15 is 0 Å². The van der Waals surface area contributed by atoms with Crippen molar-refractivity contribution in [2.45, 2.75) is 51.4 Å². The van der Waals surface area contributed by atoms with Gasteiger partial charge in [0.2, 0.25) is 0 Å². The van der Waals surface area contributed by atoms with E-state index in [1.807, 2.05) is 18.4 Å². The molecule has 1 aliphatic carbocycles. The minimum Gasteiger partial charge on any atom is -0.319 e. The number of fused-ring (bicyclic) bond motifs is 1. The largest absolute Gasteiger partial charge is 0.319 e. The van der Waals surface area contributed by atoms with Crippen molar-refractivity contribution in [2.24, 2.45) is 0 Å². The van der Waals surface area contributed by atoms with Crippen molar-refractivity contribution in [3.8, 4) is 0 Å². The predicted molar refractivity (Wildman–Crippen MR) is 70.3 cm³/mol. The molecular weight excluding hydrogens is 216 g/mol. The lowest BCUT2D eigenvalue weighted by atomic mass is 10.0. The Hall–Kier alpha value is -0.410. The van der Waals surface area contributed by atoms with Gasteiger partial charge in [0.05, 0.1) is 10.7 Å². The smallest absolute Gasteiger partial charge is 0.0971 e. The van der Waals surface area contributed by atoms with Crippen LogP contribution in [0.3, 0.4) is 0 Å². The van der Waals surface area contributed by atoms with Crippen molar-refractivity contribution in [2.75, 3.05) is 13.6 Å². The Kier molecular flexibility index (Phi) is 4.36. The number of hydrogen-bond acceptors (Lipinski definition) is 3. The normalized spacial score (nSPS) is 18.6. The van der Waals surface area contributed by atoms with E-state index in [0.717, 1.165) is 6.54 Å². The van der Waals surface area contributed by atoms with Crippen LogP contribution in [0.15, 0.2) is 0 Å². The molecule has 90 valence electrons. The van der Waals surface area contributed by atoms with E-state index in [-0.39, 0.29) is 0 Å². The quantitative estimate of drug-likeness (QED) is 0.875. The maximum atomic E-state index is 4.85. The molecule has 1 unspecified atom stereocenters. The van der Waals surface area contributed by atoms with E-state index in [0.29, 0.717) is 5.92 Å². The third kappa shape index (κ3) is 2.83. The average molecular weight is 238 g/mol. The minimum atomic E-state index is 0.559. The van der Waals surface area contributed by atoms with Gasteiger partial charge in [-0.05, 0) is 32.7 Å². The van der Waals surface area contributed by atoms with Gasteiger partial charge in [-0.15, -0.1) is 11.3 Å². The van der Waals surface area contributed by atoms with Crippen LogP contribution in [0.1, 0.15) is 54.1 Å². The molecule has 1 atom stereocenters. The molecule has 1 aromatic heterocycles. The lowest BCUT2D eigenvalue weighted by molar-refractivity contribution is 0.612. The summed E-state index contributed by atoms with van der Waals surface area (Å²) in [5.41, 5.74) is 1.41. The van der Waals surface area contributed by atoms with E-state index in [2.05, 4.69) is 12.2 Å². The number of hydrogen-bond donors (Lipinski definition) is 1. The Morgan fingerprint density at radius 1 is 1.25 bits per heavy atom. The van der Waals surface area contributed by atoms with E-state index in [4.69, 9.17) is 4.98 Å². The molecular formula is C13H22N2S. The molecule has 2 nitrogen and oxygen atoms in total. The Labute approximate surface area is 102 Å². The fourth-order valence-electron chi connectivity index (χ4n) is 2.33. The number of nitrogens with one attached hydrogen (secondary N) is 1. The number of aryl methyl sites for hydroxylation is 2. The molecule has 0 radical (unpaired) electrons. The molecule has 0 spiro atoms. The van der Waals surface area contributed by atoms with Gasteiger partial charge in [-0.25, -0.2) is 4.98 Å². The summed E-state index contributed by atoms with van der Waals surface area (Å²) in [5.74, 6) is 0.559. The van der Waals surface area contributed by atoms with Crippen LogP contribution in [-0.2, 0) is 12.8 Å². The molecule has 16 heavy (non-hydrogen) atoms. The first kappa shape index (κ1) is 12.1. The molecule has 0 bridgehead atoms. The van der Waals surface area contributed by atoms with Crippen LogP contribution in [0.25, 0.3) is 0 Å². The van der Waals surface area contributed by atoms with Crippen molar-refractivity contribution in [1.82, 2.24) is 10.3 Å².